The fourth-order valence-corrected chi connectivity index (χ4v) is 1.91. The first-order chi connectivity index (χ1) is 9.63. The molecule has 0 atom stereocenters. The molecule has 0 radical (unpaired) electrons. The number of sulfone groups is 1. The van der Waals surface area contributed by atoms with E-state index in [4.69, 9.17) is 4.74 Å². The van der Waals surface area contributed by atoms with Crippen LogP contribution in [-0.2, 0) is 21.2 Å². The number of anilines is 1. The van der Waals surface area contributed by atoms with E-state index in [1.165, 1.54) is 13.8 Å². The van der Waals surface area contributed by atoms with Gasteiger partial charge in [-0.25, -0.2) is 8.42 Å². The zero-order valence-corrected chi connectivity index (χ0v) is 13.5. The topological polar surface area (TPSA) is 92.7 Å². The second kappa shape index (κ2) is 6.44. The third-order valence-corrected chi connectivity index (χ3v) is 5.30. The molecule has 0 heterocycles. The minimum Gasteiger partial charge on any atom is -0.494 e. The van der Waals surface area contributed by atoms with Crippen LogP contribution in [-0.4, -0.2) is 37.0 Å². The van der Waals surface area contributed by atoms with E-state index in [0.717, 1.165) is 6.26 Å². The largest absolute Gasteiger partial charge is 0.494 e. The number of ether oxygens (including phenoxy) is 1. The van der Waals surface area contributed by atoms with Gasteiger partial charge in [0.25, 0.3) is 0 Å². The van der Waals surface area contributed by atoms with Crippen molar-refractivity contribution in [1.82, 2.24) is 0 Å². The van der Waals surface area contributed by atoms with Crippen LogP contribution in [0.3, 0.4) is 0 Å². The van der Waals surface area contributed by atoms with Gasteiger partial charge in [-0.05, 0) is 39.0 Å². The quantitative estimate of drug-likeness (QED) is 0.826. The minimum atomic E-state index is -3.54. The van der Waals surface area contributed by atoms with Crippen molar-refractivity contribution in [3.8, 4) is 5.75 Å². The molecule has 1 aromatic rings. The third kappa shape index (κ3) is 3.95. The summed E-state index contributed by atoms with van der Waals surface area (Å²) in [6.45, 7) is 4.73. The van der Waals surface area contributed by atoms with Gasteiger partial charge in [-0.3, -0.25) is 4.79 Å². The van der Waals surface area contributed by atoms with Crippen molar-refractivity contribution in [3.05, 3.63) is 23.8 Å². The smallest absolute Gasteiger partial charge is 0.245 e. The first-order valence-corrected chi connectivity index (χ1v) is 8.40. The molecule has 0 bridgehead atoms. The number of amides is 1. The zero-order valence-electron chi connectivity index (χ0n) is 12.6. The summed E-state index contributed by atoms with van der Waals surface area (Å²) in [4.78, 5) is 12.1. The molecule has 6 nitrogen and oxygen atoms in total. The summed E-state index contributed by atoms with van der Waals surface area (Å²) in [7, 11) is -3.54. The highest BCUT2D eigenvalue weighted by molar-refractivity contribution is 7.92. The molecule has 7 heteroatoms. The number of nitrogens with one attached hydrogen (secondary N) is 1. The standard InChI is InChI=1S/C14H21NO5S/c1-5-20-12-7-6-11(8-10(12)9-16)15-13(17)14(2,3)21(4,18)19/h6-8,16H,5,9H2,1-4H3,(H,15,17). The fourth-order valence-electron chi connectivity index (χ4n) is 1.53. The Morgan fingerprint density at radius 3 is 2.48 bits per heavy atom. The summed E-state index contributed by atoms with van der Waals surface area (Å²) in [5.74, 6) is -0.0987. The lowest BCUT2D eigenvalue weighted by atomic mass is 10.1. The summed E-state index contributed by atoms with van der Waals surface area (Å²) in [6.07, 6.45) is 1.02. The molecule has 2 N–H and O–H groups in total. The van der Waals surface area contributed by atoms with E-state index in [2.05, 4.69) is 5.32 Å². The lowest BCUT2D eigenvalue weighted by Gasteiger charge is -2.21. The number of benzene rings is 1. The molecule has 1 aromatic carbocycles. The first-order valence-electron chi connectivity index (χ1n) is 6.51. The summed E-state index contributed by atoms with van der Waals surface area (Å²) >= 11 is 0. The van der Waals surface area contributed by atoms with Gasteiger partial charge < -0.3 is 15.2 Å². The van der Waals surface area contributed by atoms with E-state index in [9.17, 15) is 18.3 Å². The molecule has 0 fully saturated rings. The van der Waals surface area contributed by atoms with Crippen LogP contribution in [0.1, 0.15) is 26.3 Å². The second-order valence-corrected chi connectivity index (χ2v) is 7.72. The molecule has 0 unspecified atom stereocenters. The van der Waals surface area contributed by atoms with Crippen molar-refractivity contribution in [2.75, 3.05) is 18.2 Å². The molecule has 1 rings (SSSR count). The molecule has 0 aliphatic heterocycles. The van der Waals surface area contributed by atoms with Gasteiger partial charge in [-0.2, -0.15) is 0 Å². The number of hydrogen-bond donors (Lipinski definition) is 2. The first kappa shape index (κ1) is 17.5. The molecule has 118 valence electrons. The molecule has 0 aromatic heterocycles. The van der Waals surface area contributed by atoms with Crippen molar-refractivity contribution in [2.24, 2.45) is 0 Å². The number of hydrogen-bond acceptors (Lipinski definition) is 5. The van der Waals surface area contributed by atoms with E-state index in [-0.39, 0.29) is 6.61 Å². The average molecular weight is 315 g/mol. The minimum absolute atomic E-state index is 0.242. The highest BCUT2D eigenvalue weighted by Crippen LogP contribution is 2.24. The van der Waals surface area contributed by atoms with Crippen LogP contribution in [0.2, 0.25) is 0 Å². The van der Waals surface area contributed by atoms with Gasteiger partial charge in [0.15, 0.2) is 9.84 Å². The highest BCUT2D eigenvalue weighted by atomic mass is 32.2. The van der Waals surface area contributed by atoms with Crippen LogP contribution in [0.4, 0.5) is 5.69 Å². The van der Waals surface area contributed by atoms with Gasteiger partial charge in [-0.1, -0.05) is 0 Å². The number of aliphatic hydroxyl groups excluding tert-OH is 1. The van der Waals surface area contributed by atoms with Crippen LogP contribution in [0.25, 0.3) is 0 Å². The highest BCUT2D eigenvalue weighted by Gasteiger charge is 2.38. The average Bonchev–Trinajstić information content (AvgIpc) is 2.39. The van der Waals surface area contributed by atoms with Gasteiger partial charge in [-0.15, -0.1) is 0 Å². The number of aliphatic hydroxyl groups is 1. The van der Waals surface area contributed by atoms with Crippen LogP contribution < -0.4 is 10.1 Å². The Labute approximate surface area is 125 Å². The second-order valence-electron chi connectivity index (χ2n) is 5.15. The SMILES string of the molecule is CCOc1ccc(NC(=O)C(C)(C)S(C)(=O)=O)cc1CO. The summed E-state index contributed by atoms with van der Waals surface area (Å²) in [6, 6.07) is 4.78. The maximum absolute atomic E-state index is 12.1. The van der Waals surface area contributed by atoms with Gasteiger partial charge in [0.2, 0.25) is 5.91 Å². The predicted molar refractivity (Wildman–Crippen MR) is 81.1 cm³/mol. The molecule has 1 amide bonds. The van der Waals surface area contributed by atoms with E-state index in [0.29, 0.717) is 23.6 Å². The van der Waals surface area contributed by atoms with Gasteiger partial charge in [0.1, 0.15) is 10.5 Å². The molecule has 0 spiro atoms. The van der Waals surface area contributed by atoms with Crippen molar-refractivity contribution >= 4 is 21.4 Å². The molecular formula is C14H21NO5S. The summed E-state index contributed by atoms with van der Waals surface area (Å²) in [5.41, 5.74) is 0.927. The Bertz CT molecular complexity index is 622. The molecule has 0 aliphatic rings. The maximum Gasteiger partial charge on any atom is 0.245 e. The van der Waals surface area contributed by atoms with Crippen LogP contribution in [0.5, 0.6) is 5.75 Å². The van der Waals surface area contributed by atoms with Crippen LogP contribution in [0.15, 0.2) is 18.2 Å². The molecular weight excluding hydrogens is 294 g/mol. The molecule has 0 aliphatic carbocycles. The van der Waals surface area contributed by atoms with Crippen molar-refractivity contribution < 1.29 is 23.1 Å². The molecule has 0 saturated heterocycles. The Hall–Kier alpha value is -1.60. The Morgan fingerprint density at radius 1 is 1.38 bits per heavy atom. The summed E-state index contributed by atoms with van der Waals surface area (Å²) in [5, 5.41) is 11.9. The van der Waals surface area contributed by atoms with E-state index >= 15 is 0 Å². The Morgan fingerprint density at radius 2 is 2.00 bits per heavy atom. The van der Waals surface area contributed by atoms with Crippen molar-refractivity contribution in [1.29, 1.82) is 0 Å². The number of rotatable bonds is 6. The van der Waals surface area contributed by atoms with Gasteiger partial charge in [0.05, 0.1) is 13.2 Å². The lowest BCUT2D eigenvalue weighted by Crippen LogP contribution is -2.43. The van der Waals surface area contributed by atoms with Crippen molar-refractivity contribution in [3.63, 3.8) is 0 Å². The normalized spacial score (nSPS) is 12.0. The number of carbonyl (C=O) groups is 1. The summed E-state index contributed by atoms with van der Waals surface area (Å²) < 4.78 is 27.1. The predicted octanol–water partition coefficient (Wildman–Crippen LogP) is 1.34. The van der Waals surface area contributed by atoms with Crippen molar-refractivity contribution in [2.45, 2.75) is 32.1 Å². The zero-order chi connectivity index (χ0) is 16.3. The lowest BCUT2D eigenvalue weighted by molar-refractivity contribution is -0.117. The van der Waals surface area contributed by atoms with Crippen LogP contribution >= 0.6 is 0 Å². The van der Waals surface area contributed by atoms with Gasteiger partial charge >= 0.3 is 0 Å². The molecule has 0 saturated carbocycles. The number of carbonyl (C=O) groups excluding carboxylic acids is 1. The maximum atomic E-state index is 12.1. The van der Waals surface area contributed by atoms with Crippen LogP contribution in [0, 0.1) is 0 Å². The van der Waals surface area contributed by atoms with Gasteiger partial charge in [0, 0.05) is 17.5 Å². The monoisotopic (exact) mass is 315 g/mol. The van der Waals surface area contributed by atoms with E-state index in [1.807, 2.05) is 6.92 Å². The molecule has 21 heavy (non-hydrogen) atoms. The third-order valence-electron chi connectivity index (χ3n) is 3.26. The Kier molecular flexibility index (Phi) is 5.36. The fraction of sp³-hybridized carbons (Fsp3) is 0.500. The van der Waals surface area contributed by atoms with E-state index in [1.54, 1.807) is 18.2 Å². The van der Waals surface area contributed by atoms with E-state index < -0.39 is 20.5 Å². The Balaban J connectivity index is 3.01.